The van der Waals surface area contributed by atoms with Gasteiger partial charge >= 0.3 is 0 Å². The maximum atomic E-state index is 13.4. The Labute approximate surface area is 96.4 Å². The molecule has 0 bridgehead atoms. The van der Waals surface area contributed by atoms with Crippen LogP contribution in [-0.2, 0) is 0 Å². The van der Waals surface area contributed by atoms with Crippen LogP contribution in [0.3, 0.4) is 0 Å². The summed E-state index contributed by atoms with van der Waals surface area (Å²) >= 11 is 0. The predicted octanol–water partition coefficient (Wildman–Crippen LogP) is 3.21. The molecule has 17 heavy (non-hydrogen) atoms. The van der Waals surface area contributed by atoms with Gasteiger partial charge in [0.25, 0.3) is 0 Å². The number of phenolic OH excluding ortho intramolecular Hbond substituents is 1. The summed E-state index contributed by atoms with van der Waals surface area (Å²) in [5, 5.41) is 18.1. The Hall–Kier alpha value is -2.41. The molecule has 0 aromatic heterocycles. The zero-order valence-electron chi connectivity index (χ0n) is 8.61. The van der Waals surface area contributed by atoms with Gasteiger partial charge in [0.05, 0.1) is 0 Å². The fourth-order valence-electron chi connectivity index (χ4n) is 1.55. The number of halogens is 2. The van der Waals surface area contributed by atoms with E-state index in [0.717, 1.165) is 12.1 Å². The monoisotopic (exact) mass is 231 g/mol. The molecule has 0 aliphatic heterocycles. The van der Waals surface area contributed by atoms with Crippen LogP contribution in [0.15, 0.2) is 36.4 Å². The van der Waals surface area contributed by atoms with E-state index >= 15 is 0 Å². The fourth-order valence-corrected chi connectivity index (χ4v) is 1.55. The molecule has 0 spiro atoms. The highest BCUT2D eigenvalue weighted by Crippen LogP contribution is 2.30. The Kier molecular flexibility index (Phi) is 2.75. The zero-order valence-corrected chi connectivity index (χ0v) is 8.61. The van der Waals surface area contributed by atoms with Crippen molar-refractivity contribution in [3.63, 3.8) is 0 Å². The molecule has 84 valence electrons. The van der Waals surface area contributed by atoms with Crippen LogP contribution < -0.4 is 0 Å². The SMILES string of the molecule is N#Cc1c(F)cc(-c2ccccc2O)cc1F. The molecule has 4 heteroatoms. The lowest BCUT2D eigenvalue weighted by atomic mass is 10.0. The van der Waals surface area contributed by atoms with Gasteiger partial charge in [-0.25, -0.2) is 8.78 Å². The number of hydrogen-bond acceptors (Lipinski definition) is 2. The van der Waals surface area contributed by atoms with Crippen molar-refractivity contribution < 1.29 is 13.9 Å². The number of rotatable bonds is 1. The topological polar surface area (TPSA) is 44.0 Å². The van der Waals surface area contributed by atoms with E-state index in [1.54, 1.807) is 12.1 Å². The van der Waals surface area contributed by atoms with Gasteiger partial charge in [-0.15, -0.1) is 0 Å². The van der Waals surface area contributed by atoms with Crippen molar-refractivity contribution in [3.05, 3.63) is 53.6 Å². The molecule has 0 atom stereocenters. The largest absolute Gasteiger partial charge is 0.507 e. The van der Waals surface area contributed by atoms with Gasteiger partial charge in [0.15, 0.2) is 0 Å². The predicted molar refractivity (Wildman–Crippen MR) is 58.2 cm³/mol. The number of nitrogens with zero attached hydrogens (tertiary/aromatic N) is 1. The molecule has 0 fully saturated rings. The number of para-hydroxylation sites is 1. The number of benzene rings is 2. The van der Waals surface area contributed by atoms with Gasteiger partial charge in [-0.2, -0.15) is 5.26 Å². The minimum atomic E-state index is -0.939. The first-order valence-electron chi connectivity index (χ1n) is 4.81. The highest BCUT2D eigenvalue weighted by Gasteiger charge is 2.13. The van der Waals surface area contributed by atoms with Gasteiger partial charge in [0.1, 0.15) is 29.0 Å². The van der Waals surface area contributed by atoms with Crippen LogP contribution in [0, 0.1) is 23.0 Å². The second-order valence-corrected chi connectivity index (χ2v) is 3.44. The fraction of sp³-hybridized carbons (Fsp3) is 0. The van der Waals surface area contributed by atoms with Crippen LogP contribution in [0.25, 0.3) is 11.1 Å². The summed E-state index contributed by atoms with van der Waals surface area (Å²) in [5.41, 5.74) is -0.115. The van der Waals surface area contributed by atoms with Crippen LogP contribution in [0.2, 0.25) is 0 Å². The van der Waals surface area contributed by atoms with E-state index in [-0.39, 0.29) is 11.3 Å². The van der Waals surface area contributed by atoms with Crippen LogP contribution in [0.1, 0.15) is 5.56 Å². The van der Waals surface area contributed by atoms with Crippen molar-refractivity contribution in [2.75, 3.05) is 0 Å². The van der Waals surface area contributed by atoms with E-state index in [2.05, 4.69) is 0 Å². The molecule has 2 rings (SSSR count). The summed E-state index contributed by atoms with van der Waals surface area (Å²) in [5.74, 6) is -1.95. The second kappa shape index (κ2) is 4.22. The summed E-state index contributed by atoms with van der Waals surface area (Å²) in [7, 11) is 0. The van der Waals surface area contributed by atoms with Gasteiger partial charge in [0, 0.05) is 5.56 Å². The van der Waals surface area contributed by atoms with Gasteiger partial charge in [0.2, 0.25) is 0 Å². The lowest BCUT2D eigenvalue weighted by molar-refractivity contribution is 0.477. The molecule has 0 saturated carbocycles. The molecule has 0 amide bonds. The Morgan fingerprint density at radius 1 is 1.06 bits per heavy atom. The first-order chi connectivity index (χ1) is 8.13. The van der Waals surface area contributed by atoms with Crippen molar-refractivity contribution in [1.82, 2.24) is 0 Å². The summed E-state index contributed by atoms with van der Waals surface area (Å²) in [6.45, 7) is 0. The molecule has 2 aromatic rings. The molecular formula is C13H7F2NO. The minimum Gasteiger partial charge on any atom is -0.507 e. The first-order valence-corrected chi connectivity index (χ1v) is 4.81. The van der Waals surface area contributed by atoms with E-state index in [9.17, 15) is 13.9 Å². The Bertz CT molecular complexity index is 594. The van der Waals surface area contributed by atoms with E-state index in [1.165, 1.54) is 18.2 Å². The van der Waals surface area contributed by atoms with Gasteiger partial charge in [-0.3, -0.25) is 0 Å². The molecule has 0 aliphatic rings. The lowest BCUT2D eigenvalue weighted by Crippen LogP contribution is -1.92. The molecule has 2 nitrogen and oxygen atoms in total. The first kappa shape index (κ1) is 11.1. The normalized spacial score (nSPS) is 9.94. The summed E-state index contributed by atoms with van der Waals surface area (Å²) in [6, 6.07) is 9.70. The van der Waals surface area contributed by atoms with Crippen molar-refractivity contribution in [2.24, 2.45) is 0 Å². The minimum absolute atomic E-state index is 0.0731. The van der Waals surface area contributed by atoms with Crippen molar-refractivity contribution in [2.45, 2.75) is 0 Å². The Balaban J connectivity index is 2.64. The van der Waals surface area contributed by atoms with Crippen molar-refractivity contribution >= 4 is 0 Å². The van der Waals surface area contributed by atoms with Crippen molar-refractivity contribution in [3.8, 4) is 22.9 Å². The molecule has 1 N–H and O–H groups in total. The number of aromatic hydroxyl groups is 1. The van der Waals surface area contributed by atoms with Gasteiger partial charge in [-0.05, 0) is 23.8 Å². The lowest BCUT2D eigenvalue weighted by Gasteiger charge is -2.05. The van der Waals surface area contributed by atoms with Crippen LogP contribution in [-0.4, -0.2) is 5.11 Å². The van der Waals surface area contributed by atoms with E-state index in [4.69, 9.17) is 5.26 Å². The molecular weight excluding hydrogens is 224 g/mol. The molecule has 0 saturated heterocycles. The number of nitriles is 1. The maximum Gasteiger partial charge on any atom is 0.144 e. The van der Waals surface area contributed by atoms with Gasteiger partial charge in [-0.1, -0.05) is 18.2 Å². The zero-order chi connectivity index (χ0) is 12.4. The van der Waals surface area contributed by atoms with Gasteiger partial charge < -0.3 is 5.11 Å². The third-order valence-corrected chi connectivity index (χ3v) is 2.37. The Morgan fingerprint density at radius 3 is 2.18 bits per heavy atom. The summed E-state index contributed by atoms with van der Waals surface area (Å²) in [6.07, 6.45) is 0. The molecule has 0 aliphatic carbocycles. The standard InChI is InChI=1S/C13H7F2NO/c14-11-5-8(6-12(15)10(11)7-16)9-3-1-2-4-13(9)17/h1-6,17H. The maximum absolute atomic E-state index is 13.4. The highest BCUT2D eigenvalue weighted by atomic mass is 19.1. The third-order valence-electron chi connectivity index (χ3n) is 2.37. The van der Waals surface area contributed by atoms with Crippen LogP contribution in [0.4, 0.5) is 8.78 Å². The van der Waals surface area contributed by atoms with Crippen LogP contribution >= 0.6 is 0 Å². The van der Waals surface area contributed by atoms with E-state index < -0.39 is 17.2 Å². The van der Waals surface area contributed by atoms with E-state index in [0.29, 0.717) is 5.56 Å². The smallest absolute Gasteiger partial charge is 0.144 e. The quantitative estimate of drug-likeness (QED) is 0.818. The molecule has 2 aromatic carbocycles. The molecule has 0 radical (unpaired) electrons. The summed E-state index contributed by atoms with van der Waals surface area (Å²) < 4.78 is 26.8. The third kappa shape index (κ3) is 1.95. The average Bonchev–Trinajstić information content (AvgIpc) is 2.29. The highest BCUT2D eigenvalue weighted by molar-refractivity contribution is 5.70. The molecule has 0 heterocycles. The number of phenols is 1. The van der Waals surface area contributed by atoms with Crippen molar-refractivity contribution in [1.29, 1.82) is 5.26 Å². The van der Waals surface area contributed by atoms with Crippen LogP contribution in [0.5, 0.6) is 5.75 Å². The Morgan fingerprint density at radius 2 is 1.65 bits per heavy atom. The molecule has 0 unspecified atom stereocenters. The number of hydrogen-bond donors (Lipinski definition) is 1. The second-order valence-electron chi connectivity index (χ2n) is 3.44. The summed E-state index contributed by atoms with van der Waals surface area (Å²) in [4.78, 5) is 0. The average molecular weight is 231 g/mol. The van der Waals surface area contributed by atoms with E-state index in [1.807, 2.05) is 0 Å².